The Morgan fingerprint density at radius 3 is 2.71 bits per heavy atom. The molecule has 2 aromatic carbocycles. The first-order valence-corrected chi connectivity index (χ1v) is 9.30. The Balaban J connectivity index is 1.45. The summed E-state index contributed by atoms with van der Waals surface area (Å²) in [5, 5.41) is 14.6. The van der Waals surface area contributed by atoms with Gasteiger partial charge in [0, 0.05) is 33.5 Å². The van der Waals surface area contributed by atoms with E-state index in [1.165, 1.54) is 23.5 Å². The molecular formula is C18H12ClN5O3S. The summed E-state index contributed by atoms with van der Waals surface area (Å²) in [5.74, 6) is -0.415. The molecule has 0 fully saturated rings. The van der Waals surface area contributed by atoms with Gasteiger partial charge in [-0.3, -0.25) is 25.8 Å². The number of nitrogens with one attached hydrogen (secondary N) is 3. The molecule has 4 aromatic rings. The van der Waals surface area contributed by atoms with E-state index in [-0.39, 0.29) is 11.4 Å². The lowest BCUT2D eigenvalue weighted by molar-refractivity contribution is -0.384. The highest BCUT2D eigenvalue weighted by Gasteiger charge is 2.13. The molecule has 10 heteroatoms. The minimum Gasteiger partial charge on any atom is -0.350 e. The Kier molecular flexibility index (Phi) is 4.68. The van der Waals surface area contributed by atoms with Crippen molar-refractivity contribution in [2.45, 2.75) is 0 Å². The van der Waals surface area contributed by atoms with E-state index in [1.54, 1.807) is 24.3 Å². The monoisotopic (exact) mass is 413 g/mol. The lowest BCUT2D eigenvalue weighted by Crippen LogP contribution is -2.29. The number of anilines is 1. The first-order valence-electron chi connectivity index (χ1n) is 8.04. The van der Waals surface area contributed by atoms with Crippen LogP contribution in [0.2, 0.25) is 5.02 Å². The summed E-state index contributed by atoms with van der Waals surface area (Å²) in [7, 11) is 0. The minimum absolute atomic E-state index is 0.0445. The van der Waals surface area contributed by atoms with Gasteiger partial charge in [0.1, 0.15) is 5.69 Å². The number of carbonyl (C=O) groups excluding carboxylic acids is 1. The molecule has 140 valence electrons. The maximum absolute atomic E-state index is 12.3. The van der Waals surface area contributed by atoms with Crippen molar-refractivity contribution in [3.63, 3.8) is 0 Å². The normalized spacial score (nSPS) is 10.8. The van der Waals surface area contributed by atoms with E-state index < -0.39 is 10.8 Å². The van der Waals surface area contributed by atoms with E-state index in [0.717, 1.165) is 11.3 Å². The minimum atomic E-state index is -0.484. The lowest BCUT2D eigenvalue weighted by atomic mass is 10.2. The average Bonchev–Trinajstić information content (AvgIpc) is 3.33. The van der Waals surface area contributed by atoms with Gasteiger partial charge in [-0.2, -0.15) is 0 Å². The van der Waals surface area contributed by atoms with E-state index in [2.05, 4.69) is 20.8 Å². The smallest absolute Gasteiger partial charge is 0.286 e. The highest BCUT2D eigenvalue weighted by Crippen LogP contribution is 2.26. The summed E-state index contributed by atoms with van der Waals surface area (Å²) in [6, 6.07) is 13.3. The van der Waals surface area contributed by atoms with Crippen LogP contribution in [0.15, 0.2) is 53.9 Å². The van der Waals surface area contributed by atoms with Gasteiger partial charge in [-0.1, -0.05) is 23.7 Å². The number of halogens is 1. The summed E-state index contributed by atoms with van der Waals surface area (Å²) in [6.07, 6.45) is 0. The van der Waals surface area contributed by atoms with Crippen LogP contribution in [-0.4, -0.2) is 20.8 Å². The number of thiazole rings is 1. The lowest BCUT2D eigenvalue weighted by Gasteiger charge is -2.03. The molecule has 0 atom stereocenters. The SMILES string of the molecule is O=C(NNc1nc(-c2ccc(Cl)cc2)cs1)c1cc2ccc([N+](=O)[O-])cc2[nH]1. The van der Waals surface area contributed by atoms with Crippen LogP contribution >= 0.6 is 22.9 Å². The Morgan fingerprint density at radius 2 is 1.96 bits per heavy atom. The second-order valence-corrected chi connectivity index (χ2v) is 7.13. The fraction of sp³-hybridized carbons (Fsp3) is 0. The van der Waals surface area contributed by atoms with Gasteiger partial charge < -0.3 is 4.98 Å². The van der Waals surface area contributed by atoms with Crippen molar-refractivity contribution in [3.05, 3.63) is 74.7 Å². The molecule has 0 saturated heterocycles. The number of non-ortho nitro benzene ring substituents is 1. The van der Waals surface area contributed by atoms with Crippen LogP contribution in [0.1, 0.15) is 10.5 Å². The number of carbonyl (C=O) groups is 1. The van der Waals surface area contributed by atoms with Crippen LogP contribution in [-0.2, 0) is 0 Å². The average molecular weight is 414 g/mol. The Bertz CT molecular complexity index is 1190. The number of amides is 1. The number of aromatic amines is 1. The van der Waals surface area contributed by atoms with Crippen molar-refractivity contribution >= 4 is 50.6 Å². The fourth-order valence-electron chi connectivity index (χ4n) is 2.61. The van der Waals surface area contributed by atoms with Gasteiger partial charge >= 0.3 is 0 Å². The molecule has 0 aliphatic rings. The summed E-state index contributed by atoms with van der Waals surface area (Å²) in [4.78, 5) is 30.0. The summed E-state index contributed by atoms with van der Waals surface area (Å²) in [5.41, 5.74) is 7.75. The molecule has 0 spiro atoms. The van der Waals surface area contributed by atoms with Crippen LogP contribution < -0.4 is 10.9 Å². The van der Waals surface area contributed by atoms with Gasteiger partial charge in [0.2, 0.25) is 5.13 Å². The molecule has 2 aromatic heterocycles. The molecule has 28 heavy (non-hydrogen) atoms. The number of rotatable bonds is 5. The Morgan fingerprint density at radius 1 is 1.18 bits per heavy atom. The molecule has 8 nitrogen and oxygen atoms in total. The molecule has 1 amide bonds. The summed E-state index contributed by atoms with van der Waals surface area (Å²) in [6.45, 7) is 0. The van der Waals surface area contributed by atoms with Crippen molar-refractivity contribution in [2.24, 2.45) is 0 Å². The van der Waals surface area contributed by atoms with E-state index in [4.69, 9.17) is 11.6 Å². The molecular weight excluding hydrogens is 402 g/mol. The highest BCUT2D eigenvalue weighted by atomic mass is 35.5. The standard InChI is InChI=1S/C18H12ClN5O3S/c19-12-4-1-10(2-5-12)16-9-28-18(21-16)23-22-17(25)15-7-11-3-6-13(24(26)27)8-14(11)20-15/h1-9,20H,(H,21,23)(H,22,25). The van der Waals surface area contributed by atoms with Gasteiger partial charge in [-0.15, -0.1) is 11.3 Å². The van der Waals surface area contributed by atoms with Gasteiger partial charge in [0.15, 0.2) is 0 Å². The summed E-state index contributed by atoms with van der Waals surface area (Å²) < 4.78 is 0. The number of nitro groups is 1. The molecule has 4 rings (SSSR count). The Labute approximate surface area is 167 Å². The van der Waals surface area contributed by atoms with Gasteiger partial charge in [0.05, 0.1) is 16.1 Å². The van der Waals surface area contributed by atoms with Crippen molar-refractivity contribution in [1.82, 2.24) is 15.4 Å². The van der Waals surface area contributed by atoms with Crippen LogP contribution in [0.4, 0.5) is 10.8 Å². The largest absolute Gasteiger partial charge is 0.350 e. The Hall–Kier alpha value is -3.43. The third-order valence-corrected chi connectivity index (χ3v) is 5.00. The third-order valence-electron chi connectivity index (χ3n) is 3.99. The van der Waals surface area contributed by atoms with E-state index >= 15 is 0 Å². The third kappa shape index (κ3) is 3.66. The fourth-order valence-corrected chi connectivity index (χ4v) is 3.41. The van der Waals surface area contributed by atoms with E-state index in [0.29, 0.717) is 21.1 Å². The molecule has 3 N–H and O–H groups in total. The molecule has 0 aliphatic heterocycles. The maximum atomic E-state index is 12.3. The van der Waals surface area contributed by atoms with E-state index in [1.807, 2.05) is 17.5 Å². The number of nitrogens with zero attached hydrogens (tertiary/aromatic N) is 2. The molecule has 0 radical (unpaired) electrons. The second-order valence-electron chi connectivity index (χ2n) is 5.84. The van der Waals surface area contributed by atoms with E-state index in [9.17, 15) is 14.9 Å². The van der Waals surface area contributed by atoms with Crippen LogP contribution in [0.3, 0.4) is 0 Å². The van der Waals surface area contributed by atoms with Crippen molar-refractivity contribution in [3.8, 4) is 11.3 Å². The van der Waals surface area contributed by atoms with Crippen LogP contribution in [0.25, 0.3) is 22.2 Å². The van der Waals surface area contributed by atoms with Crippen molar-refractivity contribution < 1.29 is 9.72 Å². The van der Waals surface area contributed by atoms with Gasteiger partial charge in [-0.25, -0.2) is 4.98 Å². The first kappa shape index (κ1) is 18.0. The zero-order chi connectivity index (χ0) is 19.7. The van der Waals surface area contributed by atoms with Gasteiger partial charge in [0.25, 0.3) is 11.6 Å². The maximum Gasteiger partial charge on any atom is 0.286 e. The molecule has 0 aliphatic carbocycles. The number of benzene rings is 2. The first-order chi connectivity index (χ1) is 13.5. The highest BCUT2D eigenvalue weighted by molar-refractivity contribution is 7.14. The quantitative estimate of drug-likeness (QED) is 0.326. The number of hydrogen-bond acceptors (Lipinski definition) is 6. The number of H-pyrrole nitrogens is 1. The zero-order valence-corrected chi connectivity index (χ0v) is 15.7. The summed E-state index contributed by atoms with van der Waals surface area (Å²) >= 11 is 7.23. The van der Waals surface area contributed by atoms with Gasteiger partial charge in [-0.05, 0) is 24.3 Å². The number of fused-ring (bicyclic) bond motifs is 1. The second kappa shape index (κ2) is 7.29. The molecule has 2 heterocycles. The molecule has 0 unspecified atom stereocenters. The van der Waals surface area contributed by atoms with Crippen molar-refractivity contribution in [2.75, 3.05) is 5.43 Å². The van der Waals surface area contributed by atoms with Crippen LogP contribution in [0, 0.1) is 10.1 Å². The predicted octanol–water partition coefficient (Wildman–Crippen LogP) is 4.61. The molecule has 0 saturated carbocycles. The number of hydrazine groups is 1. The van der Waals surface area contributed by atoms with Crippen molar-refractivity contribution in [1.29, 1.82) is 0 Å². The van der Waals surface area contributed by atoms with Crippen LogP contribution in [0.5, 0.6) is 0 Å². The predicted molar refractivity (Wildman–Crippen MR) is 109 cm³/mol. The zero-order valence-electron chi connectivity index (χ0n) is 14.1. The number of hydrogen-bond donors (Lipinski definition) is 3. The topological polar surface area (TPSA) is 113 Å². The number of nitro benzene ring substituents is 1. The molecule has 0 bridgehead atoms. The number of aromatic nitrogens is 2.